The molecule has 0 saturated carbocycles. The highest BCUT2D eigenvalue weighted by Gasteiger charge is 2.29. The first-order valence-corrected chi connectivity index (χ1v) is 5.90. The van der Waals surface area contributed by atoms with Crippen molar-refractivity contribution < 1.29 is 19.1 Å². The van der Waals surface area contributed by atoms with Crippen molar-refractivity contribution in [2.75, 3.05) is 0 Å². The Bertz CT molecular complexity index is 478. The molecule has 1 aromatic rings. The van der Waals surface area contributed by atoms with Crippen LogP contribution in [0.1, 0.15) is 30.9 Å². The molecular weight excluding hydrogens is 253 g/mol. The van der Waals surface area contributed by atoms with Gasteiger partial charge in [0.05, 0.1) is 6.04 Å². The summed E-state index contributed by atoms with van der Waals surface area (Å²) in [5.74, 6) is -0.552. The normalized spacial score (nSPS) is 19.3. The number of hydrogen-bond donors (Lipinski definition) is 3. The third-order valence-corrected chi connectivity index (χ3v) is 2.99. The number of carbonyl (C=O) groups is 2. The van der Waals surface area contributed by atoms with E-state index in [2.05, 4.69) is 5.53 Å². The van der Waals surface area contributed by atoms with Crippen LogP contribution >= 0.6 is 0 Å². The minimum Gasteiger partial charge on any atom is -0.464 e. The second-order valence-electron chi connectivity index (χ2n) is 4.27. The molecule has 1 saturated heterocycles. The van der Waals surface area contributed by atoms with E-state index in [9.17, 15) is 14.0 Å². The molecule has 19 heavy (non-hydrogen) atoms. The van der Waals surface area contributed by atoms with Gasteiger partial charge in [0.25, 0.3) is 0 Å². The fourth-order valence-electron chi connectivity index (χ4n) is 2.12. The molecule has 2 amide bonds. The van der Waals surface area contributed by atoms with E-state index in [0.717, 1.165) is 5.56 Å². The van der Waals surface area contributed by atoms with Crippen molar-refractivity contribution in [1.82, 2.24) is 16.0 Å². The van der Waals surface area contributed by atoms with E-state index >= 15 is 0 Å². The summed E-state index contributed by atoms with van der Waals surface area (Å²) in [4.78, 5) is 22.3. The number of hydrogen-bond acceptors (Lipinski definition) is 3. The van der Waals surface area contributed by atoms with Crippen molar-refractivity contribution in [2.45, 2.75) is 25.3 Å². The highest BCUT2D eigenvalue weighted by molar-refractivity contribution is 5.77. The van der Waals surface area contributed by atoms with Gasteiger partial charge in [-0.05, 0) is 30.5 Å². The lowest BCUT2D eigenvalue weighted by Gasteiger charge is -2.35. The van der Waals surface area contributed by atoms with Gasteiger partial charge in [-0.3, -0.25) is 9.80 Å². The van der Waals surface area contributed by atoms with Crippen LogP contribution in [0.15, 0.2) is 24.3 Å². The van der Waals surface area contributed by atoms with Gasteiger partial charge in [0, 0.05) is 6.42 Å². The largest absolute Gasteiger partial charge is 0.464 e. The highest BCUT2D eigenvalue weighted by Crippen LogP contribution is 2.29. The Morgan fingerprint density at radius 3 is 2.68 bits per heavy atom. The molecule has 1 atom stereocenters. The number of carbonyl (C=O) groups excluding carboxylic acids is 1. The number of nitrogens with one attached hydrogen (secondary N) is 2. The van der Waals surface area contributed by atoms with Gasteiger partial charge in [0.1, 0.15) is 5.82 Å². The predicted octanol–water partition coefficient (Wildman–Crippen LogP) is 1.57. The lowest BCUT2D eigenvalue weighted by molar-refractivity contribution is -0.142. The number of rotatable bonds is 3. The lowest BCUT2D eigenvalue weighted by Crippen LogP contribution is -2.54. The summed E-state index contributed by atoms with van der Waals surface area (Å²) >= 11 is 0. The lowest BCUT2D eigenvalue weighted by atomic mass is 9.96. The number of benzene rings is 1. The van der Waals surface area contributed by atoms with E-state index in [0.29, 0.717) is 19.3 Å². The highest BCUT2D eigenvalue weighted by atomic mass is 19.1. The summed E-state index contributed by atoms with van der Waals surface area (Å²) in [5.41, 5.74) is 5.09. The van der Waals surface area contributed by atoms with Crippen LogP contribution in [-0.4, -0.2) is 22.1 Å². The third-order valence-electron chi connectivity index (χ3n) is 2.99. The SMILES string of the molecule is O=C(O)NNN1C(=O)CCCC1c1ccc(F)cc1. The third kappa shape index (κ3) is 3.19. The molecule has 1 fully saturated rings. The van der Waals surface area contributed by atoms with Crippen molar-refractivity contribution >= 4 is 12.0 Å². The molecule has 7 heteroatoms. The Kier molecular flexibility index (Phi) is 3.96. The standard InChI is InChI=1S/C12H14FN3O3/c13-9-6-4-8(5-7-9)10-2-1-3-11(17)16(10)15-14-12(18)19/h4-7,10,14-15H,1-3H2,(H,18,19). The van der Waals surface area contributed by atoms with Gasteiger partial charge in [-0.2, -0.15) is 0 Å². The first-order chi connectivity index (χ1) is 9.08. The monoisotopic (exact) mass is 267 g/mol. The first kappa shape index (κ1) is 13.3. The number of halogens is 1. The topological polar surface area (TPSA) is 81.7 Å². The Hall–Kier alpha value is -2.15. The number of carboxylic acid groups (broad SMARTS) is 1. The summed E-state index contributed by atoms with van der Waals surface area (Å²) in [6, 6.07) is 5.50. The van der Waals surface area contributed by atoms with Crippen molar-refractivity contribution in [3.05, 3.63) is 35.6 Å². The first-order valence-electron chi connectivity index (χ1n) is 5.90. The molecule has 0 aliphatic carbocycles. The molecular formula is C12H14FN3O3. The van der Waals surface area contributed by atoms with Crippen molar-refractivity contribution in [1.29, 1.82) is 0 Å². The van der Waals surface area contributed by atoms with Gasteiger partial charge < -0.3 is 5.11 Å². The molecule has 1 aliphatic rings. The molecule has 6 nitrogen and oxygen atoms in total. The quantitative estimate of drug-likeness (QED) is 0.726. The molecule has 0 radical (unpaired) electrons. The number of piperidine rings is 1. The summed E-state index contributed by atoms with van der Waals surface area (Å²) in [5, 5.41) is 9.80. The Morgan fingerprint density at radius 1 is 1.37 bits per heavy atom. The number of nitrogens with zero attached hydrogens (tertiary/aromatic N) is 1. The van der Waals surface area contributed by atoms with Crippen LogP contribution < -0.4 is 11.0 Å². The van der Waals surface area contributed by atoms with Crippen molar-refractivity contribution in [3.63, 3.8) is 0 Å². The van der Waals surface area contributed by atoms with E-state index in [1.807, 2.05) is 5.43 Å². The van der Waals surface area contributed by atoms with Crippen LogP contribution in [0.5, 0.6) is 0 Å². The van der Waals surface area contributed by atoms with E-state index in [4.69, 9.17) is 5.11 Å². The summed E-state index contributed by atoms with van der Waals surface area (Å²) in [6.45, 7) is 0. The molecule has 102 valence electrons. The smallest absolute Gasteiger partial charge is 0.420 e. The molecule has 1 unspecified atom stereocenters. The Balaban J connectivity index is 2.17. The summed E-state index contributed by atoms with van der Waals surface area (Å²) in [7, 11) is 0. The van der Waals surface area contributed by atoms with Crippen LogP contribution in [0.4, 0.5) is 9.18 Å². The number of hydrazine groups is 2. The zero-order valence-corrected chi connectivity index (χ0v) is 10.1. The second-order valence-corrected chi connectivity index (χ2v) is 4.27. The fourth-order valence-corrected chi connectivity index (χ4v) is 2.12. The average molecular weight is 267 g/mol. The molecule has 0 aromatic heterocycles. The van der Waals surface area contributed by atoms with Gasteiger partial charge in [-0.1, -0.05) is 12.1 Å². The van der Waals surface area contributed by atoms with Gasteiger partial charge >= 0.3 is 6.09 Å². The Labute approximate surface area is 109 Å². The molecule has 0 spiro atoms. The van der Waals surface area contributed by atoms with E-state index in [-0.39, 0.29) is 17.8 Å². The number of amides is 2. The van der Waals surface area contributed by atoms with Crippen LogP contribution in [0.3, 0.4) is 0 Å². The summed E-state index contributed by atoms with van der Waals surface area (Å²) in [6.07, 6.45) is 0.472. The van der Waals surface area contributed by atoms with Crippen LogP contribution in [0.2, 0.25) is 0 Å². The Morgan fingerprint density at radius 2 is 2.05 bits per heavy atom. The maximum Gasteiger partial charge on any atom is 0.420 e. The van der Waals surface area contributed by atoms with Gasteiger partial charge in [-0.15, -0.1) is 5.53 Å². The van der Waals surface area contributed by atoms with E-state index in [1.54, 1.807) is 12.1 Å². The van der Waals surface area contributed by atoms with Crippen LogP contribution in [-0.2, 0) is 4.79 Å². The van der Waals surface area contributed by atoms with E-state index < -0.39 is 6.09 Å². The van der Waals surface area contributed by atoms with Gasteiger partial charge in [-0.25, -0.2) is 14.6 Å². The predicted molar refractivity (Wildman–Crippen MR) is 64.1 cm³/mol. The zero-order chi connectivity index (χ0) is 13.8. The van der Waals surface area contributed by atoms with Crippen molar-refractivity contribution in [3.8, 4) is 0 Å². The fraction of sp³-hybridized carbons (Fsp3) is 0.333. The minimum absolute atomic E-state index is 0.200. The van der Waals surface area contributed by atoms with Crippen LogP contribution in [0.25, 0.3) is 0 Å². The second kappa shape index (κ2) is 5.66. The molecule has 3 N–H and O–H groups in total. The average Bonchev–Trinajstić information content (AvgIpc) is 2.38. The zero-order valence-electron chi connectivity index (χ0n) is 10.1. The molecule has 1 heterocycles. The maximum absolute atomic E-state index is 12.9. The van der Waals surface area contributed by atoms with Crippen molar-refractivity contribution in [2.24, 2.45) is 0 Å². The molecule has 2 rings (SSSR count). The maximum atomic E-state index is 12.9. The molecule has 1 aliphatic heterocycles. The molecule has 0 bridgehead atoms. The summed E-state index contributed by atoms with van der Waals surface area (Å²) < 4.78 is 12.9. The molecule has 1 aromatic carbocycles. The van der Waals surface area contributed by atoms with Gasteiger partial charge in [0.2, 0.25) is 5.91 Å². The van der Waals surface area contributed by atoms with E-state index in [1.165, 1.54) is 17.1 Å². The van der Waals surface area contributed by atoms with Crippen LogP contribution in [0, 0.1) is 5.82 Å². The minimum atomic E-state index is -1.28. The van der Waals surface area contributed by atoms with Gasteiger partial charge in [0.15, 0.2) is 0 Å².